The quantitative estimate of drug-likeness (QED) is 0.817. The molecule has 0 radical (unpaired) electrons. The maximum absolute atomic E-state index is 11.9. The van der Waals surface area contributed by atoms with Gasteiger partial charge in [0.25, 0.3) is 0 Å². The molecule has 4 nitrogen and oxygen atoms in total. The Bertz CT molecular complexity index is 567. The highest BCUT2D eigenvalue weighted by Gasteiger charge is 2.16. The van der Waals surface area contributed by atoms with Crippen molar-refractivity contribution in [1.82, 2.24) is 5.32 Å². The van der Waals surface area contributed by atoms with Gasteiger partial charge in [-0.15, -0.1) is 11.3 Å². The first kappa shape index (κ1) is 16.1. The van der Waals surface area contributed by atoms with Crippen LogP contribution in [0, 0.1) is 0 Å². The summed E-state index contributed by atoms with van der Waals surface area (Å²) in [6.45, 7) is 1.87. The van der Waals surface area contributed by atoms with E-state index < -0.39 is 6.10 Å². The number of furan rings is 1. The topological polar surface area (TPSA) is 62.5 Å². The number of carbonyl (C=O) groups excluding carboxylic acids is 1. The zero-order chi connectivity index (χ0) is 15.2. The molecule has 0 aliphatic heterocycles. The second kappa shape index (κ2) is 7.64. The lowest BCUT2D eigenvalue weighted by Crippen LogP contribution is -2.33. The third kappa shape index (κ3) is 5.19. The number of rotatable bonds is 7. The van der Waals surface area contributed by atoms with E-state index in [9.17, 15) is 9.90 Å². The van der Waals surface area contributed by atoms with Crippen molar-refractivity contribution in [3.8, 4) is 0 Å². The number of amides is 1. The van der Waals surface area contributed by atoms with E-state index in [0.29, 0.717) is 30.0 Å². The van der Waals surface area contributed by atoms with Gasteiger partial charge in [-0.1, -0.05) is 11.6 Å². The molecule has 0 spiro atoms. The molecule has 0 aromatic carbocycles. The number of carbonyl (C=O) groups is 1. The second-order valence-corrected chi connectivity index (χ2v) is 6.40. The van der Waals surface area contributed by atoms with Gasteiger partial charge in [0.05, 0.1) is 11.3 Å². The molecule has 2 aromatic rings. The van der Waals surface area contributed by atoms with Crippen LogP contribution in [0.1, 0.15) is 36.5 Å². The van der Waals surface area contributed by atoms with Crippen LogP contribution in [0.3, 0.4) is 0 Å². The Morgan fingerprint density at radius 3 is 3.00 bits per heavy atom. The predicted molar refractivity (Wildman–Crippen MR) is 83.5 cm³/mol. The molecule has 2 N–H and O–H groups in total. The second-order valence-electron chi connectivity index (χ2n) is 4.97. The summed E-state index contributed by atoms with van der Waals surface area (Å²) in [4.78, 5) is 13.0. The number of aliphatic hydroxyl groups is 1. The van der Waals surface area contributed by atoms with Crippen molar-refractivity contribution in [1.29, 1.82) is 0 Å². The summed E-state index contributed by atoms with van der Waals surface area (Å²) in [6.07, 6.45) is 2.33. The summed E-state index contributed by atoms with van der Waals surface area (Å²) in [7, 11) is 0. The monoisotopic (exact) mass is 327 g/mol. The van der Waals surface area contributed by atoms with Crippen LogP contribution in [0.15, 0.2) is 34.3 Å². The van der Waals surface area contributed by atoms with Gasteiger partial charge in [0.15, 0.2) is 0 Å². The van der Waals surface area contributed by atoms with Crippen LogP contribution in [-0.4, -0.2) is 17.1 Å². The van der Waals surface area contributed by atoms with Crippen molar-refractivity contribution in [2.24, 2.45) is 0 Å². The van der Waals surface area contributed by atoms with Gasteiger partial charge >= 0.3 is 0 Å². The molecule has 0 fully saturated rings. The molecule has 0 saturated carbocycles. The molecular weight excluding hydrogens is 310 g/mol. The number of hydrogen-bond acceptors (Lipinski definition) is 4. The zero-order valence-electron chi connectivity index (χ0n) is 11.7. The van der Waals surface area contributed by atoms with Crippen molar-refractivity contribution in [3.63, 3.8) is 0 Å². The molecule has 2 rings (SSSR count). The first-order valence-corrected chi connectivity index (χ1v) is 8.04. The van der Waals surface area contributed by atoms with E-state index in [1.54, 1.807) is 23.5 Å². The Kier molecular flexibility index (Phi) is 5.85. The van der Waals surface area contributed by atoms with Crippen LogP contribution in [0.25, 0.3) is 0 Å². The summed E-state index contributed by atoms with van der Waals surface area (Å²) in [5.41, 5.74) is 0. The third-order valence-electron chi connectivity index (χ3n) is 3.08. The van der Waals surface area contributed by atoms with Crippen molar-refractivity contribution in [2.45, 2.75) is 38.3 Å². The number of nitrogens with one attached hydrogen (secondary N) is 1. The van der Waals surface area contributed by atoms with Crippen molar-refractivity contribution in [3.05, 3.63) is 45.5 Å². The zero-order valence-corrected chi connectivity index (χ0v) is 13.3. The number of aryl methyl sites for hydroxylation is 1. The lowest BCUT2D eigenvalue weighted by Gasteiger charge is -2.16. The lowest BCUT2D eigenvalue weighted by molar-refractivity contribution is -0.121. The Labute approximate surface area is 132 Å². The van der Waals surface area contributed by atoms with Gasteiger partial charge in [0.2, 0.25) is 5.91 Å². The van der Waals surface area contributed by atoms with Gasteiger partial charge in [-0.2, -0.15) is 0 Å². The number of thiophene rings is 1. The Hall–Kier alpha value is -1.30. The number of aliphatic hydroxyl groups excluding tert-OH is 1. The Morgan fingerprint density at radius 1 is 1.57 bits per heavy atom. The van der Waals surface area contributed by atoms with Gasteiger partial charge in [0, 0.05) is 29.1 Å². The van der Waals surface area contributed by atoms with Crippen LogP contribution < -0.4 is 5.32 Å². The summed E-state index contributed by atoms with van der Waals surface area (Å²) in [5.74, 6) is 0.489. The molecule has 0 saturated heterocycles. The summed E-state index contributed by atoms with van der Waals surface area (Å²) >= 11 is 7.39. The van der Waals surface area contributed by atoms with Gasteiger partial charge in [-0.05, 0) is 31.5 Å². The summed E-state index contributed by atoms with van der Waals surface area (Å²) < 4.78 is 5.13. The molecule has 1 amide bonds. The fourth-order valence-electron chi connectivity index (χ4n) is 2.06. The first-order valence-electron chi connectivity index (χ1n) is 6.78. The highest BCUT2D eigenvalue weighted by atomic mass is 35.5. The average Bonchev–Trinajstić information content (AvgIpc) is 3.07. The highest BCUT2D eigenvalue weighted by molar-refractivity contribution is 7.10. The minimum absolute atomic E-state index is 0.0290. The van der Waals surface area contributed by atoms with E-state index in [2.05, 4.69) is 5.32 Å². The average molecular weight is 328 g/mol. The molecule has 0 aliphatic carbocycles. The maximum Gasteiger partial charge on any atom is 0.220 e. The Balaban J connectivity index is 1.71. The largest absolute Gasteiger partial charge is 0.467 e. The standard InChI is InChI=1S/C15H18ClNO3S/c1-10(7-13(18)14-3-2-6-20-14)17-15(19)5-4-12-8-11(16)9-21-12/h2-3,6,8-10,13,18H,4-5,7H2,1H3,(H,17,19). The molecule has 21 heavy (non-hydrogen) atoms. The van der Waals surface area contributed by atoms with Gasteiger partial charge in [0.1, 0.15) is 11.9 Å². The van der Waals surface area contributed by atoms with Crippen LogP contribution in [0.5, 0.6) is 0 Å². The molecule has 0 aliphatic rings. The van der Waals surface area contributed by atoms with E-state index in [4.69, 9.17) is 16.0 Å². The molecule has 2 aromatic heterocycles. The minimum atomic E-state index is -0.702. The summed E-state index contributed by atoms with van der Waals surface area (Å²) in [5, 5.41) is 15.4. The van der Waals surface area contributed by atoms with E-state index >= 15 is 0 Å². The molecule has 0 bridgehead atoms. The van der Waals surface area contributed by atoms with Crippen LogP contribution in [0.2, 0.25) is 5.02 Å². The summed E-state index contributed by atoms with van der Waals surface area (Å²) in [6, 6.07) is 5.21. The maximum atomic E-state index is 11.9. The molecule has 2 unspecified atom stereocenters. The van der Waals surface area contributed by atoms with E-state index in [0.717, 1.165) is 4.88 Å². The van der Waals surface area contributed by atoms with Crippen molar-refractivity contribution in [2.75, 3.05) is 0 Å². The van der Waals surface area contributed by atoms with Crippen LogP contribution >= 0.6 is 22.9 Å². The third-order valence-corrected chi connectivity index (χ3v) is 4.42. The van der Waals surface area contributed by atoms with Crippen molar-refractivity contribution < 1.29 is 14.3 Å². The fourth-order valence-corrected chi connectivity index (χ4v) is 3.14. The molecule has 2 atom stereocenters. The van der Waals surface area contributed by atoms with Gasteiger partial charge in [-0.3, -0.25) is 4.79 Å². The van der Waals surface area contributed by atoms with Gasteiger partial charge in [-0.25, -0.2) is 0 Å². The van der Waals surface area contributed by atoms with Crippen LogP contribution in [-0.2, 0) is 11.2 Å². The molecular formula is C15H18ClNO3S. The first-order chi connectivity index (χ1) is 10.0. The van der Waals surface area contributed by atoms with Crippen molar-refractivity contribution >= 4 is 28.8 Å². The van der Waals surface area contributed by atoms with Crippen LogP contribution in [0.4, 0.5) is 0 Å². The van der Waals surface area contributed by atoms with E-state index in [-0.39, 0.29) is 11.9 Å². The SMILES string of the molecule is CC(CC(O)c1ccco1)NC(=O)CCc1cc(Cl)cs1. The molecule has 2 heterocycles. The smallest absolute Gasteiger partial charge is 0.220 e. The van der Waals surface area contributed by atoms with Gasteiger partial charge < -0.3 is 14.8 Å². The number of halogens is 1. The Morgan fingerprint density at radius 2 is 2.38 bits per heavy atom. The molecule has 114 valence electrons. The minimum Gasteiger partial charge on any atom is -0.467 e. The lowest BCUT2D eigenvalue weighted by atomic mass is 10.1. The normalized spacial score (nSPS) is 13.9. The predicted octanol–water partition coefficient (Wildman–Crippen LogP) is 3.56. The van der Waals surface area contributed by atoms with E-state index in [1.807, 2.05) is 18.4 Å². The fraction of sp³-hybridized carbons (Fsp3) is 0.400. The molecule has 6 heteroatoms. The number of hydrogen-bond donors (Lipinski definition) is 2. The highest BCUT2D eigenvalue weighted by Crippen LogP contribution is 2.21. The van der Waals surface area contributed by atoms with E-state index in [1.165, 1.54) is 6.26 Å².